The molecular weight excluding hydrogens is 450 g/mol. The Kier molecular flexibility index (Phi) is 6.63. The average Bonchev–Trinajstić information content (AvgIpc) is 3.39. The Morgan fingerprint density at radius 3 is 2.52 bits per heavy atom. The fourth-order valence-electron chi connectivity index (χ4n) is 3.35. The molecule has 0 spiro atoms. The Bertz CT molecular complexity index is 972. The summed E-state index contributed by atoms with van der Waals surface area (Å²) in [6, 6.07) is 17.7. The van der Waals surface area contributed by atoms with Gasteiger partial charge in [-0.05, 0) is 66.1 Å². The van der Waals surface area contributed by atoms with Crippen molar-refractivity contribution in [3.8, 4) is 5.69 Å². The zero-order chi connectivity index (χ0) is 20.1. The van der Waals surface area contributed by atoms with Gasteiger partial charge >= 0.3 is 0 Å². The molecule has 1 fully saturated rings. The fourth-order valence-corrected chi connectivity index (χ4v) is 4.51. The molecule has 0 atom stereocenters. The molecule has 2 aromatic carbocycles. The minimum atomic E-state index is -0.0781. The van der Waals surface area contributed by atoms with Crippen LogP contribution in [0, 0.1) is 0 Å². The van der Waals surface area contributed by atoms with Gasteiger partial charge in [0.25, 0.3) is 0 Å². The lowest BCUT2D eigenvalue weighted by atomic mass is 10.3. The molecule has 150 valence electrons. The van der Waals surface area contributed by atoms with Crippen molar-refractivity contribution in [2.75, 3.05) is 24.2 Å². The maximum atomic E-state index is 12.5. The van der Waals surface area contributed by atoms with Crippen molar-refractivity contribution in [3.63, 3.8) is 0 Å². The molecule has 1 saturated heterocycles. The smallest absolute Gasteiger partial charge is 0.234 e. The number of likely N-dealkylation sites (tertiary alicyclic amines) is 1. The molecule has 0 radical (unpaired) electrons. The zero-order valence-corrected chi connectivity index (χ0v) is 18.3. The number of thioether (sulfide) groups is 1. The second-order valence-electron chi connectivity index (χ2n) is 6.87. The molecule has 6 nitrogen and oxygen atoms in total. The summed E-state index contributed by atoms with van der Waals surface area (Å²) >= 11 is 4.85. The summed E-state index contributed by atoms with van der Waals surface area (Å²) in [5.74, 6) is 1.09. The van der Waals surface area contributed by atoms with E-state index in [0.717, 1.165) is 46.5 Å². The highest BCUT2D eigenvalue weighted by Gasteiger charge is 2.20. The van der Waals surface area contributed by atoms with Crippen molar-refractivity contribution in [1.82, 2.24) is 19.7 Å². The van der Waals surface area contributed by atoms with E-state index >= 15 is 0 Å². The predicted molar refractivity (Wildman–Crippen MR) is 119 cm³/mol. The molecule has 8 heteroatoms. The van der Waals surface area contributed by atoms with Gasteiger partial charge < -0.3 is 5.32 Å². The van der Waals surface area contributed by atoms with Crippen LogP contribution in [0.4, 0.5) is 5.69 Å². The zero-order valence-electron chi connectivity index (χ0n) is 15.9. The van der Waals surface area contributed by atoms with E-state index in [1.54, 1.807) is 0 Å². The van der Waals surface area contributed by atoms with Crippen molar-refractivity contribution in [1.29, 1.82) is 0 Å². The van der Waals surface area contributed by atoms with Crippen LogP contribution in [0.1, 0.15) is 18.7 Å². The lowest BCUT2D eigenvalue weighted by Crippen LogP contribution is -2.21. The summed E-state index contributed by atoms with van der Waals surface area (Å²) in [5, 5.41) is 12.5. The van der Waals surface area contributed by atoms with Crippen LogP contribution in [0.5, 0.6) is 0 Å². The van der Waals surface area contributed by atoms with Crippen LogP contribution in [-0.2, 0) is 11.3 Å². The van der Waals surface area contributed by atoms with Crippen molar-refractivity contribution < 1.29 is 4.79 Å². The molecule has 0 saturated carbocycles. The Morgan fingerprint density at radius 1 is 1.03 bits per heavy atom. The summed E-state index contributed by atoms with van der Waals surface area (Å²) in [7, 11) is 0. The molecule has 4 rings (SSSR count). The lowest BCUT2D eigenvalue weighted by Gasteiger charge is -2.16. The summed E-state index contributed by atoms with van der Waals surface area (Å²) in [5.41, 5.74) is 1.78. The monoisotopic (exact) mass is 471 g/mol. The first kappa shape index (κ1) is 20.1. The first-order valence-electron chi connectivity index (χ1n) is 9.60. The van der Waals surface area contributed by atoms with Crippen LogP contribution in [0.25, 0.3) is 5.69 Å². The van der Waals surface area contributed by atoms with Crippen LogP contribution < -0.4 is 5.32 Å². The SMILES string of the molecule is O=C(CSc1nnc(CN2CCCC2)n1-c1ccccc1)Nc1ccccc1Br. The van der Waals surface area contributed by atoms with Gasteiger partial charge in [-0.1, -0.05) is 42.1 Å². The number of nitrogens with zero attached hydrogens (tertiary/aromatic N) is 4. The number of halogens is 1. The molecule has 29 heavy (non-hydrogen) atoms. The second kappa shape index (κ2) is 9.56. The van der Waals surface area contributed by atoms with Crippen molar-refractivity contribution in [2.24, 2.45) is 0 Å². The van der Waals surface area contributed by atoms with E-state index in [1.807, 2.05) is 54.6 Å². The molecule has 0 unspecified atom stereocenters. The molecule has 1 aromatic heterocycles. The molecule has 1 N–H and O–H groups in total. The number of carbonyl (C=O) groups is 1. The fraction of sp³-hybridized carbons (Fsp3) is 0.286. The van der Waals surface area contributed by atoms with Gasteiger partial charge in [0.05, 0.1) is 18.0 Å². The van der Waals surface area contributed by atoms with Gasteiger partial charge in [-0.3, -0.25) is 14.3 Å². The van der Waals surface area contributed by atoms with Gasteiger partial charge in [0.15, 0.2) is 11.0 Å². The molecule has 0 bridgehead atoms. The summed E-state index contributed by atoms with van der Waals surface area (Å²) in [6.07, 6.45) is 2.46. The number of para-hydroxylation sites is 2. The number of hydrogen-bond donors (Lipinski definition) is 1. The van der Waals surface area contributed by atoms with Crippen molar-refractivity contribution in [3.05, 3.63) is 64.9 Å². The molecule has 1 aliphatic rings. The highest BCUT2D eigenvalue weighted by atomic mass is 79.9. The largest absolute Gasteiger partial charge is 0.324 e. The van der Waals surface area contributed by atoms with Gasteiger partial charge in [-0.15, -0.1) is 10.2 Å². The molecule has 3 aromatic rings. The van der Waals surface area contributed by atoms with Gasteiger partial charge in [-0.2, -0.15) is 0 Å². The van der Waals surface area contributed by atoms with Crippen LogP contribution >= 0.6 is 27.7 Å². The Morgan fingerprint density at radius 2 is 1.76 bits per heavy atom. The van der Waals surface area contributed by atoms with E-state index in [-0.39, 0.29) is 11.7 Å². The lowest BCUT2D eigenvalue weighted by molar-refractivity contribution is -0.113. The van der Waals surface area contributed by atoms with Gasteiger partial charge in [0, 0.05) is 10.2 Å². The third-order valence-corrected chi connectivity index (χ3v) is 6.38. The first-order valence-corrected chi connectivity index (χ1v) is 11.4. The van der Waals surface area contributed by atoms with E-state index in [0.29, 0.717) is 0 Å². The number of hydrogen-bond acceptors (Lipinski definition) is 5. The van der Waals surface area contributed by atoms with Gasteiger partial charge in [0.1, 0.15) is 0 Å². The normalized spacial score (nSPS) is 14.2. The van der Waals surface area contributed by atoms with Crippen LogP contribution in [0.15, 0.2) is 64.2 Å². The maximum Gasteiger partial charge on any atom is 0.234 e. The van der Waals surface area contributed by atoms with E-state index in [2.05, 4.69) is 40.9 Å². The number of nitrogens with one attached hydrogen (secondary N) is 1. The second-order valence-corrected chi connectivity index (χ2v) is 8.67. The van der Waals surface area contributed by atoms with Crippen LogP contribution in [0.3, 0.4) is 0 Å². The van der Waals surface area contributed by atoms with E-state index in [1.165, 1.54) is 24.6 Å². The Hall–Kier alpha value is -2.16. The summed E-state index contributed by atoms with van der Waals surface area (Å²) in [4.78, 5) is 14.9. The minimum absolute atomic E-state index is 0.0781. The number of amides is 1. The predicted octanol–water partition coefficient (Wildman–Crippen LogP) is 4.36. The summed E-state index contributed by atoms with van der Waals surface area (Å²) < 4.78 is 2.92. The molecule has 1 aliphatic heterocycles. The molecule has 0 aliphatic carbocycles. The summed E-state index contributed by atoms with van der Waals surface area (Å²) in [6.45, 7) is 2.96. The Balaban J connectivity index is 1.50. The number of carbonyl (C=O) groups excluding carboxylic acids is 1. The molecular formula is C21H22BrN5OS. The highest BCUT2D eigenvalue weighted by Crippen LogP contribution is 2.25. The first-order chi connectivity index (χ1) is 14.2. The van der Waals surface area contributed by atoms with E-state index in [4.69, 9.17) is 0 Å². The maximum absolute atomic E-state index is 12.5. The standard InChI is InChI=1S/C21H22BrN5OS/c22-17-10-4-5-11-18(17)23-20(28)15-29-21-25-24-19(14-26-12-6-7-13-26)27(21)16-8-2-1-3-9-16/h1-5,8-11H,6-7,12-15H2,(H,23,28). The third kappa shape index (κ3) is 5.07. The third-order valence-electron chi connectivity index (χ3n) is 4.76. The minimum Gasteiger partial charge on any atom is -0.324 e. The molecule has 2 heterocycles. The van der Waals surface area contributed by atoms with E-state index < -0.39 is 0 Å². The number of benzene rings is 2. The average molecular weight is 472 g/mol. The van der Waals surface area contributed by atoms with Gasteiger partial charge in [-0.25, -0.2) is 0 Å². The topological polar surface area (TPSA) is 63.1 Å². The van der Waals surface area contributed by atoms with Crippen molar-refractivity contribution in [2.45, 2.75) is 24.5 Å². The number of aromatic nitrogens is 3. The number of rotatable bonds is 7. The van der Waals surface area contributed by atoms with Gasteiger partial charge in [0.2, 0.25) is 5.91 Å². The number of anilines is 1. The van der Waals surface area contributed by atoms with Crippen LogP contribution in [0.2, 0.25) is 0 Å². The van der Waals surface area contributed by atoms with Crippen molar-refractivity contribution >= 4 is 39.3 Å². The quantitative estimate of drug-likeness (QED) is 0.518. The van der Waals surface area contributed by atoms with E-state index in [9.17, 15) is 4.79 Å². The highest BCUT2D eigenvalue weighted by molar-refractivity contribution is 9.10. The van der Waals surface area contributed by atoms with Crippen LogP contribution in [-0.4, -0.2) is 44.4 Å². The Labute approximate surface area is 182 Å². The molecule has 1 amide bonds.